The summed E-state index contributed by atoms with van der Waals surface area (Å²) in [4.78, 5) is 24.1. The molecule has 1 rings (SSSR count). The number of amides is 3. The summed E-state index contributed by atoms with van der Waals surface area (Å²) < 4.78 is 4.72. The molecular formula is C9H13N3O3. The van der Waals surface area contributed by atoms with Gasteiger partial charge in [-0.1, -0.05) is 5.16 Å². The molecule has 0 fully saturated rings. The third-order valence-electron chi connectivity index (χ3n) is 1.90. The van der Waals surface area contributed by atoms with E-state index < -0.39 is 11.9 Å². The van der Waals surface area contributed by atoms with Crippen molar-refractivity contribution in [1.82, 2.24) is 15.4 Å². The van der Waals surface area contributed by atoms with E-state index in [4.69, 9.17) is 4.52 Å². The lowest BCUT2D eigenvalue weighted by Gasteiger charge is -2.13. The van der Waals surface area contributed by atoms with Gasteiger partial charge in [-0.2, -0.15) is 0 Å². The first kappa shape index (κ1) is 11.2. The molecule has 0 saturated carbocycles. The Kier molecular flexibility index (Phi) is 3.43. The summed E-state index contributed by atoms with van der Waals surface area (Å²) in [5.74, 6) is -0.0337. The van der Waals surface area contributed by atoms with Gasteiger partial charge in [0.2, 0.25) is 0 Å². The van der Waals surface area contributed by atoms with Crippen LogP contribution in [0.4, 0.5) is 4.79 Å². The van der Waals surface area contributed by atoms with Crippen LogP contribution >= 0.6 is 0 Å². The molecule has 0 saturated heterocycles. The second-order valence-electron chi connectivity index (χ2n) is 3.10. The molecule has 0 aliphatic carbocycles. The molecule has 6 nitrogen and oxygen atoms in total. The number of nitrogens with one attached hydrogen (secondary N) is 1. The number of nitrogens with zero attached hydrogens (tertiary/aromatic N) is 2. The van der Waals surface area contributed by atoms with E-state index in [2.05, 4.69) is 10.5 Å². The second kappa shape index (κ2) is 4.59. The van der Waals surface area contributed by atoms with Crippen LogP contribution < -0.4 is 5.32 Å². The lowest BCUT2D eigenvalue weighted by Crippen LogP contribution is -2.40. The second-order valence-corrected chi connectivity index (χ2v) is 3.10. The number of hydrogen-bond donors (Lipinski definition) is 1. The highest BCUT2D eigenvalue weighted by atomic mass is 16.5. The molecule has 0 radical (unpaired) electrons. The normalized spacial score (nSPS) is 9.80. The Morgan fingerprint density at radius 2 is 2.27 bits per heavy atom. The summed E-state index contributed by atoms with van der Waals surface area (Å²) in [6.45, 7) is 4.00. The number of aryl methyl sites for hydroxylation is 1. The van der Waals surface area contributed by atoms with E-state index in [-0.39, 0.29) is 5.69 Å². The first-order chi connectivity index (χ1) is 7.04. The molecule has 82 valence electrons. The lowest BCUT2D eigenvalue weighted by molar-refractivity contribution is 0.0946. The first-order valence-electron chi connectivity index (χ1n) is 4.54. The van der Waals surface area contributed by atoms with Gasteiger partial charge in [-0.3, -0.25) is 10.1 Å². The molecule has 6 heteroatoms. The van der Waals surface area contributed by atoms with Gasteiger partial charge >= 0.3 is 6.03 Å². The number of carbonyl (C=O) groups excluding carboxylic acids is 2. The van der Waals surface area contributed by atoms with E-state index in [0.29, 0.717) is 12.3 Å². The molecular weight excluding hydrogens is 198 g/mol. The van der Waals surface area contributed by atoms with Crippen molar-refractivity contribution in [3.8, 4) is 0 Å². The van der Waals surface area contributed by atoms with Crippen molar-refractivity contribution in [3.63, 3.8) is 0 Å². The van der Waals surface area contributed by atoms with Gasteiger partial charge in [0.15, 0.2) is 5.69 Å². The maximum Gasteiger partial charge on any atom is 0.324 e. The predicted octanol–water partition coefficient (Wildman–Crippen LogP) is 0.785. The number of aromatic nitrogens is 1. The van der Waals surface area contributed by atoms with Crippen molar-refractivity contribution in [2.24, 2.45) is 0 Å². The molecule has 0 spiro atoms. The standard InChI is InChI=1S/C9H13N3O3/c1-4-12(3)9(14)10-8(13)7-5-6(2)15-11-7/h5H,4H2,1-3H3,(H,10,13,14). The molecule has 0 atom stereocenters. The number of urea groups is 1. The highest BCUT2D eigenvalue weighted by molar-refractivity contribution is 6.02. The van der Waals surface area contributed by atoms with E-state index in [9.17, 15) is 9.59 Å². The highest BCUT2D eigenvalue weighted by Gasteiger charge is 2.15. The van der Waals surface area contributed by atoms with Crippen LogP contribution in [-0.4, -0.2) is 35.6 Å². The third kappa shape index (κ3) is 2.80. The molecule has 1 aromatic heterocycles. The summed E-state index contributed by atoms with van der Waals surface area (Å²) in [6, 6.07) is 1.01. The van der Waals surface area contributed by atoms with E-state index in [0.717, 1.165) is 0 Å². The van der Waals surface area contributed by atoms with Crippen molar-refractivity contribution >= 4 is 11.9 Å². The van der Waals surface area contributed by atoms with Crippen molar-refractivity contribution < 1.29 is 14.1 Å². The largest absolute Gasteiger partial charge is 0.361 e. The Bertz CT molecular complexity index is 372. The maximum absolute atomic E-state index is 11.4. The lowest BCUT2D eigenvalue weighted by atomic mass is 10.3. The summed E-state index contributed by atoms with van der Waals surface area (Å²) in [7, 11) is 1.59. The fourth-order valence-corrected chi connectivity index (χ4v) is 0.874. The molecule has 3 amide bonds. The van der Waals surface area contributed by atoms with Crippen molar-refractivity contribution in [2.45, 2.75) is 13.8 Å². The average molecular weight is 211 g/mol. The van der Waals surface area contributed by atoms with Gasteiger partial charge in [0.25, 0.3) is 5.91 Å². The molecule has 0 unspecified atom stereocenters. The van der Waals surface area contributed by atoms with Crippen LogP contribution in [0.2, 0.25) is 0 Å². The van der Waals surface area contributed by atoms with Crippen LogP contribution in [0.15, 0.2) is 10.6 Å². The van der Waals surface area contributed by atoms with Crippen LogP contribution in [-0.2, 0) is 0 Å². The third-order valence-corrected chi connectivity index (χ3v) is 1.90. The van der Waals surface area contributed by atoms with Crippen LogP contribution in [0.1, 0.15) is 23.2 Å². The zero-order chi connectivity index (χ0) is 11.4. The summed E-state index contributed by atoms with van der Waals surface area (Å²) >= 11 is 0. The number of hydrogen-bond acceptors (Lipinski definition) is 4. The predicted molar refractivity (Wildman–Crippen MR) is 52.4 cm³/mol. The van der Waals surface area contributed by atoms with Gasteiger partial charge in [0, 0.05) is 19.7 Å². The van der Waals surface area contributed by atoms with Gasteiger partial charge in [-0.15, -0.1) is 0 Å². The molecule has 15 heavy (non-hydrogen) atoms. The molecule has 1 N–H and O–H groups in total. The average Bonchev–Trinajstić information content (AvgIpc) is 2.63. The molecule has 0 aliphatic heterocycles. The molecule has 0 aliphatic rings. The van der Waals surface area contributed by atoms with Crippen LogP contribution in [0.5, 0.6) is 0 Å². The Labute approximate surface area is 87.2 Å². The minimum absolute atomic E-state index is 0.102. The van der Waals surface area contributed by atoms with Gasteiger partial charge in [-0.05, 0) is 13.8 Å². The number of imide groups is 1. The zero-order valence-electron chi connectivity index (χ0n) is 8.90. The van der Waals surface area contributed by atoms with Crippen LogP contribution in [0.3, 0.4) is 0 Å². The van der Waals surface area contributed by atoms with E-state index >= 15 is 0 Å². The van der Waals surface area contributed by atoms with Gasteiger partial charge in [0.1, 0.15) is 5.76 Å². The van der Waals surface area contributed by atoms with Crippen molar-refractivity contribution in [3.05, 3.63) is 17.5 Å². The smallest absolute Gasteiger partial charge is 0.324 e. The fraction of sp³-hybridized carbons (Fsp3) is 0.444. The molecule has 0 aromatic carbocycles. The van der Waals surface area contributed by atoms with Crippen LogP contribution in [0, 0.1) is 6.92 Å². The van der Waals surface area contributed by atoms with E-state index in [1.165, 1.54) is 11.0 Å². The fourth-order valence-electron chi connectivity index (χ4n) is 0.874. The maximum atomic E-state index is 11.4. The highest BCUT2D eigenvalue weighted by Crippen LogP contribution is 2.01. The minimum atomic E-state index is -0.558. The monoisotopic (exact) mass is 211 g/mol. The quantitative estimate of drug-likeness (QED) is 0.784. The van der Waals surface area contributed by atoms with E-state index in [1.54, 1.807) is 14.0 Å². The van der Waals surface area contributed by atoms with Crippen LogP contribution in [0.25, 0.3) is 0 Å². The number of carbonyl (C=O) groups is 2. The zero-order valence-corrected chi connectivity index (χ0v) is 8.90. The van der Waals surface area contributed by atoms with Crippen molar-refractivity contribution in [1.29, 1.82) is 0 Å². The minimum Gasteiger partial charge on any atom is -0.361 e. The summed E-state index contributed by atoms with van der Waals surface area (Å²) in [5.41, 5.74) is 0.102. The van der Waals surface area contributed by atoms with Gasteiger partial charge < -0.3 is 9.42 Å². The summed E-state index contributed by atoms with van der Waals surface area (Å²) in [6.07, 6.45) is 0. The number of rotatable bonds is 2. The molecule has 0 bridgehead atoms. The Morgan fingerprint density at radius 3 is 2.73 bits per heavy atom. The van der Waals surface area contributed by atoms with Gasteiger partial charge in [0.05, 0.1) is 0 Å². The van der Waals surface area contributed by atoms with Gasteiger partial charge in [-0.25, -0.2) is 4.79 Å². The Balaban J connectivity index is 2.60. The molecule has 1 heterocycles. The first-order valence-corrected chi connectivity index (χ1v) is 4.54. The summed E-state index contributed by atoms with van der Waals surface area (Å²) in [5, 5.41) is 5.68. The van der Waals surface area contributed by atoms with Crippen molar-refractivity contribution in [2.75, 3.05) is 13.6 Å². The van der Waals surface area contributed by atoms with E-state index in [1.807, 2.05) is 6.92 Å². The Morgan fingerprint density at radius 1 is 1.60 bits per heavy atom. The topological polar surface area (TPSA) is 75.4 Å². The SMILES string of the molecule is CCN(C)C(=O)NC(=O)c1cc(C)on1. The Hall–Kier alpha value is -1.85. The molecule has 1 aromatic rings.